The molecule has 1 aromatic rings. The van der Waals surface area contributed by atoms with Crippen molar-refractivity contribution in [1.82, 2.24) is 10.3 Å². The number of rotatable bonds is 7. The van der Waals surface area contributed by atoms with Gasteiger partial charge in [0.05, 0.1) is 0 Å². The molecule has 0 saturated heterocycles. The molecule has 2 rings (SSSR count). The Morgan fingerprint density at radius 2 is 2.39 bits per heavy atom. The standard InChI is InChI=1S/C12H17BrN2O2S/c1-8-10(15-12(13)18-8)11(16)14-5-2-6-17-7-9-3-4-9/h9H,2-7H2,1H3,(H,14,16). The van der Waals surface area contributed by atoms with Crippen LogP contribution in [0.1, 0.15) is 34.6 Å². The minimum absolute atomic E-state index is 0.100. The summed E-state index contributed by atoms with van der Waals surface area (Å²) in [5.41, 5.74) is 0.519. The van der Waals surface area contributed by atoms with Gasteiger partial charge in [0, 0.05) is 24.6 Å². The highest BCUT2D eigenvalue weighted by molar-refractivity contribution is 9.11. The fraction of sp³-hybridized carbons (Fsp3) is 0.667. The number of carbonyl (C=O) groups excluding carboxylic acids is 1. The Kier molecular flexibility index (Phi) is 5.14. The van der Waals surface area contributed by atoms with Gasteiger partial charge < -0.3 is 10.1 Å². The van der Waals surface area contributed by atoms with Crippen LogP contribution in [0.25, 0.3) is 0 Å². The van der Waals surface area contributed by atoms with E-state index in [1.54, 1.807) is 0 Å². The van der Waals surface area contributed by atoms with Crippen LogP contribution in [0.3, 0.4) is 0 Å². The molecule has 1 aliphatic carbocycles. The number of aromatic nitrogens is 1. The number of halogens is 1. The SMILES string of the molecule is Cc1sc(Br)nc1C(=O)NCCCOCC1CC1. The van der Waals surface area contributed by atoms with Crippen molar-refractivity contribution in [3.05, 3.63) is 14.5 Å². The Hall–Kier alpha value is -0.460. The summed E-state index contributed by atoms with van der Waals surface area (Å²) in [6, 6.07) is 0. The Morgan fingerprint density at radius 1 is 1.61 bits per heavy atom. The molecule has 4 nitrogen and oxygen atoms in total. The van der Waals surface area contributed by atoms with E-state index in [1.165, 1.54) is 24.2 Å². The Labute approximate surface area is 119 Å². The van der Waals surface area contributed by atoms with E-state index in [9.17, 15) is 4.79 Å². The van der Waals surface area contributed by atoms with Crippen LogP contribution in [0, 0.1) is 12.8 Å². The lowest BCUT2D eigenvalue weighted by atomic mass is 10.3. The van der Waals surface area contributed by atoms with Crippen LogP contribution in [0.2, 0.25) is 0 Å². The molecule has 0 unspecified atom stereocenters. The summed E-state index contributed by atoms with van der Waals surface area (Å²) >= 11 is 4.76. The highest BCUT2D eigenvalue weighted by atomic mass is 79.9. The lowest BCUT2D eigenvalue weighted by molar-refractivity contribution is 0.0932. The maximum absolute atomic E-state index is 11.8. The third-order valence-corrected chi connectivity index (χ3v) is 4.21. The van der Waals surface area contributed by atoms with Gasteiger partial charge in [0.1, 0.15) is 5.69 Å². The van der Waals surface area contributed by atoms with Crippen molar-refractivity contribution >= 4 is 33.2 Å². The predicted molar refractivity (Wildman–Crippen MR) is 75.0 cm³/mol. The molecule has 6 heteroatoms. The van der Waals surface area contributed by atoms with Gasteiger partial charge in [-0.2, -0.15) is 0 Å². The van der Waals surface area contributed by atoms with E-state index in [2.05, 4.69) is 26.2 Å². The van der Waals surface area contributed by atoms with Gasteiger partial charge in [0.15, 0.2) is 3.92 Å². The molecule has 0 bridgehead atoms. The third-order valence-electron chi connectivity index (χ3n) is 2.79. The van der Waals surface area contributed by atoms with Crippen LogP contribution < -0.4 is 5.32 Å². The van der Waals surface area contributed by atoms with Gasteiger partial charge in [-0.3, -0.25) is 4.79 Å². The first-order valence-corrected chi connectivity index (χ1v) is 7.76. The molecular formula is C12H17BrN2O2S. The average Bonchev–Trinajstić information content (AvgIpc) is 3.08. The maximum atomic E-state index is 11.8. The largest absolute Gasteiger partial charge is 0.381 e. The zero-order valence-electron chi connectivity index (χ0n) is 10.4. The molecule has 1 heterocycles. The summed E-state index contributed by atoms with van der Waals surface area (Å²) in [6.45, 7) is 4.14. The maximum Gasteiger partial charge on any atom is 0.271 e. The molecule has 100 valence electrons. The fourth-order valence-electron chi connectivity index (χ4n) is 1.57. The molecule has 0 atom stereocenters. The number of aryl methyl sites for hydroxylation is 1. The van der Waals surface area contributed by atoms with Crippen molar-refractivity contribution in [2.45, 2.75) is 26.2 Å². The van der Waals surface area contributed by atoms with Crippen molar-refractivity contribution < 1.29 is 9.53 Å². The van der Waals surface area contributed by atoms with E-state index in [-0.39, 0.29) is 5.91 Å². The number of hydrogen-bond donors (Lipinski definition) is 1. The number of thiazole rings is 1. The van der Waals surface area contributed by atoms with Gasteiger partial charge in [-0.15, -0.1) is 11.3 Å². The highest BCUT2D eigenvalue weighted by Crippen LogP contribution is 2.28. The molecule has 1 saturated carbocycles. The molecule has 0 spiro atoms. The molecular weight excluding hydrogens is 316 g/mol. The normalized spacial score (nSPS) is 14.8. The summed E-state index contributed by atoms with van der Waals surface area (Å²) in [5, 5.41) is 2.86. The van der Waals surface area contributed by atoms with E-state index in [4.69, 9.17) is 4.74 Å². The quantitative estimate of drug-likeness (QED) is 0.781. The van der Waals surface area contributed by atoms with Crippen LogP contribution in [-0.2, 0) is 4.74 Å². The van der Waals surface area contributed by atoms with Gasteiger partial charge >= 0.3 is 0 Å². The van der Waals surface area contributed by atoms with Crippen LogP contribution in [-0.4, -0.2) is 30.6 Å². The second kappa shape index (κ2) is 6.63. The monoisotopic (exact) mass is 332 g/mol. The van der Waals surface area contributed by atoms with Gasteiger partial charge in [0.25, 0.3) is 5.91 Å². The third kappa shape index (κ3) is 4.33. The molecule has 18 heavy (non-hydrogen) atoms. The summed E-state index contributed by atoms with van der Waals surface area (Å²) in [5.74, 6) is 0.700. The summed E-state index contributed by atoms with van der Waals surface area (Å²) in [4.78, 5) is 16.9. The molecule has 1 aliphatic rings. The van der Waals surface area contributed by atoms with Crippen LogP contribution in [0.4, 0.5) is 0 Å². The van der Waals surface area contributed by atoms with Crippen LogP contribution in [0.5, 0.6) is 0 Å². The van der Waals surface area contributed by atoms with E-state index in [0.717, 1.165) is 34.3 Å². The molecule has 1 aromatic heterocycles. The number of nitrogens with zero attached hydrogens (tertiary/aromatic N) is 1. The van der Waals surface area contributed by atoms with Crippen molar-refractivity contribution in [2.75, 3.05) is 19.8 Å². The minimum atomic E-state index is -0.100. The summed E-state index contributed by atoms with van der Waals surface area (Å²) in [6.07, 6.45) is 3.48. The lowest BCUT2D eigenvalue weighted by Gasteiger charge is -2.05. The predicted octanol–water partition coefficient (Wildman–Crippen LogP) is 2.76. The van der Waals surface area contributed by atoms with Gasteiger partial charge in [-0.05, 0) is 48.0 Å². The molecule has 1 N–H and O–H groups in total. The van der Waals surface area contributed by atoms with Gasteiger partial charge in [-0.25, -0.2) is 4.98 Å². The fourth-order valence-corrected chi connectivity index (χ4v) is 3.10. The average molecular weight is 333 g/mol. The van der Waals surface area contributed by atoms with E-state index in [0.29, 0.717) is 12.2 Å². The molecule has 1 amide bonds. The summed E-state index contributed by atoms with van der Waals surface area (Å²) in [7, 11) is 0. The summed E-state index contributed by atoms with van der Waals surface area (Å²) < 4.78 is 6.25. The zero-order valence-corrected chi connectivity index (χ0v) is 12.8. The van der Waals surface area contributed by atoms with E-state index < -0.39 is 0 Å². The second-order valence-electron chi connectivity index (χ2n) is 4.50. The van der Waals surface area contributed by atoms with Crippen molar-refractivity contribution in [3.8, 4) is 0 Å². The first-order valence-electron chi connectivity index (χ1n) is 6.15. The molecule has 0 aliphatic heterocycles. The first-order chi connectivity index (χ1) is 8.66. The highest BCUT2D eigenvalue weighted by Gasteiger charge is 2.20. The zero-order chi connectivity index (χ0) is 13.0. The second-order valence-corrected chi connectivity index (χ2v) is 6.98. The van der Waals surface area contributed by atoms with Crippen LogP contribution in [0.15, 0.2) is 3.92 Å². The number of nitrogens with one attached hydrogen (secondary N) is 1. The molecule has 0 aromatic carbocycles. The first kappa shape index (κ1) is 14.0. The van der Waals surface area contributed by atoms with Crippen molar-refractivity contribution in [2.24, 2.45) is 5.92 Å². The number of ether oxygens (including phenoxy) is 1. The van der Waals surface area contributed by atoms with Gasteiger partial charge in [0.2, 0.25) is 0 Å². The smallest absolute Gasteiger partial charge is 0.271 e. The van der Waals surface area contributed by atoms with Gasteiger partial charge in [-0.1, -0.05) is 0 Å². The molecule has 0 radical (unpaired) electrons. The number of amides is 1. The molecule has 1 fully saturated rings. The Bertz CT molecular complexity index is 418. The van der Waals surface area contributed by atoms with Crippen molar-refractivity contribution in [3.63, 3.8) is 0 Å². The Morgan fingerprint density at radius 3 is 3.00 bits per heavy atom. The lowest BCUT2D eigenvalue weighted by Crippen LogP contribution is -2.26. The Balaban J connectivity index is 1.60. The minimum Gasteiger partial charge on any atom is -0.381 e. The van der Waals surface area contributed by atoms with Crippen molar-refractivity contribution in [1.29, 1.82) is 0 Å². The number of hydrogen-bond acceptors (Lipinski definition) is 4. The van der Waals surface area contributed by atoms with Crippen LogP contribution >= 0.6 is 27.3 Å². The number of carbonyl (C=O) groups is 1. The topological polar surface area (TPSA) is 51.2 Å². The van der Waals surface area contributed by atoms with E-state index >= 15 is 0 Å². The van der Waals surface area contributed by atoms with E-state index in [1.807, 2.05) is 6.92 Å².